The van der Waals surface area contributed by atoms with Crippen LogP contribution in [-0.4, -0.2) is 29.8 Å². The van der Waals surface area contributed by atoms with E-state index in [1.807, 2.05) is 19.2 Å². The first-order chi connectivity index (χ1) is 8.70. The first kappa shape index (κ1) is 13.5. The Labute approximate surface area is 113 Å². The molecule has 2 N–H and O–H groups in total. The topological polar surface area (TPSA) is 45.2 Å². The lowest BCUT2D eigenvalue weighted by Gasteiger charge is -2.15. The Balaban J connectivity index is 2.17. The molecule has 0 aromatic carbocycles. The predicted molar refractivity (Wildman–Crippen MR) is 74.7 cm³/mol. The van der Waals surface area contributed by atoms with Gasteiger partial charge in [0.2, 0.25) is 0 Å². The smallest absolute Gasteiger partial charge is 0.0845 e. The zero-order valence-electron chi connectivity index (χ0n) is 10.6. The van der Waals surface area contributed by atoms with E-state index in [9.17, 15) is 0 Å². The SMILES string of the molecule is CC(CO)Cc1cnc(C2=CCNCC2)c(Cl)c1. The molecular weight excluding hydrogens is 248 g/mol. The van der Waals surface area contributed by atoms with Crippen LogP contribution in [0, 0.1) is 5.92 Å². The number of rotatable bonds is 4. The first-order valence-corrected chi connectivity index (χ1v) is 6.74. The molecule has 1 atom stereocenters. The Morgan fingerprint density at radius 2 is 2.39 bits per heavy atom. The van der Waals surface area contributed by atoms with E-state index >= 15 is 0 Å². The van der Waals surface area contributed by atoms with E-state index in [4.69, 9.17) is 16.7 Å². The van der Waals surface area contributed by atoms with Crippen molar-refractivity contribution in [3.05, 3.63) is 34.6 Å². The molecule has 0 fully saturated rings. The second-order valence-electron chi connectivity index (χ2n) is 4.85. The summed E-state index contributed by atoms with van der Waals surface area (Å²) in [5.74, 6) is 0.242. The van der Waals surface area contributed by atoms with Crippen molar-refractivity contribution in [2.24, 2.45) is 5.92 Å². The molecule has 1 aromatic heterocycles. The minimum absolute atomic E-state index is 0.191. The summed E-state index contributed by atoms with van der Waals surface area (Å²) in [4.78, 5) is 4.48. The molecule has 0 bridgehead atoms. The van der Waals surface area contributed by atoms with Crippen molar-refractivity contribution >= 4 is 17.2 Å². The zero-order valence-corrected chi connectivity index (χ0v) is 11.4. The van der Waals surface area contributed by atoms with E-state index in [1.54, 1.807) is 0 Å². The third-order valence-electron chi connectivity index (χ3n) is 3.16. The second-order valence-corrected chi connectivity index (χ2v) is 5.26. The second kappa shape index (κ2) is 6.32. The van der Waals surface area contributed by atoms with E-state index < -0.39 is 0 Å². The van der Waals surface area contributed by atoms with Gasteiger partial charge in [0, 0.05) is 19.3 Å². The fraction of sp³-hybridized carbons (Fsp3) is 0.500. The van der Waals surface area contributed by atoms with Crippen molar-refractivity contribution in [1.29, 1.82) is 0 Å². The number of aliphatic hydroxyl groups is 1. The lowest BCUT2D eigenvalue weighted by Crippen LogP contribution is -2.20. The maximum atomic E-state index is 9.05. The normalized spacial score (nSPS) is 17.4. The average Bonchev–Trinajstić information content (AvgIpc) is 2.40. The molecule has 4 heteroatoms. The summed E-state index contributed by atoms with van der Waals surface area (Å²) in [7, 11) is 0. The fourth-order valence-corrected chi connectivity index (χ4v) is 2.44. The molecule has 3 nitrogen and oxygen atoms in total. The van der Waals surface area contributed by atoms with Gasteiger partial charge < -0.3 is 10.4 Å². The third kappa shape index (κ3) is 3.31. The van der Waals surface area contributed by atoms with Gasteiger partial charge in [0.25, 0.3) is 0 Å². The molecule has 1 aliphatic heterocycles. The average molecular weight is 267 g/mol. The highest BCUT2D eigenvalue weighted by molar-refractivity contribution is 6.32. The summed E-state index contributed by atoms with van der Waals surface area (Å²) in [6.07, 6.45) is 5.80. The highest BCUT2D eigenvalue weighted by Crippen LogP contribution is 2.26. The van der Waals surface area contributed by atoms with Gasteiger partial charge in [-0.05, 0) is 42.5 Å². The van der Waals surface area contributed by atoms with Gasteiger partial charge in [0.1, 0.15) is 0 Å². The monoisotopic (exact) mass is 266 g/mol. The summed E-state index contributed by atoms with van der Waals surface area (Å²) in [5.41, 5.74) is 3.21. The summed E-state index contributed by atoms with van der Waals surface area (Å²) < 4.78 is 0. The van der Waals surface area contributed by atoms with Gasteiger partial charge in [-0.25, -0.2) is 0 Å². The summed E-state index contributed by atoms with van der Waals surface area (Å²) >= 11 is 6.30. The minimum atomic E-state index is 0.191. The lowest BCUT2D eigenvalue weighted by molar-refractivity contribution is 0.237. The highest BCUT2D eigenvalue weighted by Gasteiger charge is 2.12. The molecule has 0 spiro atoms. The molecular formula is C14H19ClN2O. The lowest BCUT2D eigenvalue weighted by atomic mass is 10.0. The van der Waals surface area contributed by atoms with E-state index in [0.29, 0.717) is 5.02 Å². The van der Waals surface area contributed by atoms with Crippen molar-refractivity contribution in [2.45, 2.75) is 19.8 Å². The molecule has 1 aliphatic rings. The van der Waals surface area contributed by atoms with Crippen LogP contribution in [0.1, 0.15) is 24.6 Å². The molecule has 2 heterocycles. The molecule has 0 radical (unpaired) electrons. The molecule has 2 rings (SSSR count). The van der Waals surface area contributed by atoms with Crippen molar-refractivity contribution in [3.63, 3.8) is 0 Å². The van der Waals surface area contributed by atoms with Gasteiger partial charge in [0.15, 0.2) is 0 Å². The van der Waals surface area contributed by atoms with Crippen LogP contribution in [0.4, 0.5) is 0 Å². The van der Waals surface area contributed by atoms with Crippen molar-refractivity contribution in [3.8, 4) is 0 Å². The summed E-state index contributed by atoms with van der Waals surface area (Å²) in [6.45, 7) is 4.07. The van der Waals surface area contributed by atoms with Gasteiger partial charge >= 0.3 is 0 Å². The number of pyridine rings is 1. The molecule has 0 amide bonds. The Morgan fingerprint density at radius 3 is 3.00 bits per heavy atom. The van der Waals surface area contributed by atoms with Crippen LogP contribution < -0.4 is 5.32 Å². The van der Waals surface area contributed by atoms with Gasteiger partial charge in [-0.1, -0.05) is 24.6 Å². The van der Waals surface area contributed by atoms with Gasteiger partial charge in [0.05, 0.1) is 10.7 Å². The molecule has 1 aromatic rings. The van der Waals surface area contributed by atoms with Crippen molar-refractivity contribution in [2.75, 3.05) is 19.7 Å². The number of halogens is 1. The Kier molecular flexibility index (Phi) is 4.75. The molecule has 98 valence electrons. The molecule has 0 aliphatic carbocycles. The summed E-state index contributed by atoms with van der Waals surface area (Å²) in [5, 5.41) is 13.0. The standard InChI is InChI=1S/C14H19ClN2O/c1-10(9-18)6-11-7-13(15)14(17-8-11)12-2-4-16-5-3-12/h2,7-8,10,16,18H,3-6,9H2,1H3. The van der Waals surface area contributed by atoms with E-state index in [0.717, 1.165) is 37.2 Å². The van der Waals surface area contributed by atoms with E-state index in [-0.39, 0.29) is 12.5 Å². The number of nitrogens with one attached hydrogen (secondary N) is 1. The van der Waals surface area contributed by atoms with Crippen LogP contribution in [0.5, 0.6) is 0 Å². The third-order valence-corrected chi connectivity index (χ3v) is 3.45. The van der Waals surface area contributed by atoms with Crippen LogP contribution in [0.3, 0.4) is 0 Å². The number of nitrogens with zero attached hydrogens (tertiary/aromatic N) is 1. The van der Waals surface area contributed by atoms with Crippen molar-refractivity contribution in [1.82, 2.24) is 10.3 Å². The van der Waals surface area contributed by atoms with Crippen LogP contribution in [0.15, 0.2) is 18.3 Å². The van der Waals surface area contributed by atoms with Gasteiger partial charge in [-0.15, -0.1) is 0 Å². The van der Waals surface area contributed by atoms with Gasteiger partial charge in [-0.3, -0.25) is 4.98 Å². The number of hydrogen-bond acceptors (Lipinski definition) is 3. The largest absolute Gasteiger partial charge is 0.396 e. The molecule has 18 heavy (non-hydrogen) atoms. The Bertz CT molecular complexity index is 445. The minimum Gasteiger partial charge on any atom is -0.396 e. The van der Waals surface area contributed by atoms with E-state index in [2.05, 4.69) is 16.4 Å². The fourth-order valence-electron chi connectivity index (χ4n) is 2.13. The first-order valence-electron chi connectivity index (χ1n) is 6.36. The maximum absolute atomic E-state index is 9.05. The molecule has 1 unspecified atom stereocenters. The Hall–Kier alpha value is -0.900. The van der Waals surface area contributed by atoms with Crippen LogP contribution in [0.25, 0.3) is 5.57 Å². The number of aromatic nitrogens is 1. The van der Waals surface area contributed by atoms with Crippen molar-refractivity contribution < 1.29 is 5.11 Å². The maximum Gasteiger partial charge on any atom is 0.0845 e. The number of aliphatic hydroxyl groups excluding tert-OH is 1. The highest BCUT2D eigenvalue weighted by atomic mass is 35.5. The van der Waals surface area contributed by atoms with Crippen LogP contribution >= 0.6 is 11.6 Å². The zero-order chi connectivity index (χ0) is 13.0. The quantitative estimate of drug-likeness (QED) is 0.879. The molecule has 0 saturated heterocycles. The van der Waals surface area contributed by atoms with Gasteiger partial charge in [-0.2, -0.15) is 0 Å². The summed E-state index contributed by atoms with van der Waals surface area (Å²) in [6, 6.07) is 1.97. The van der Waals surface area contributed by atoms with Crippen LogP contribution in [0.2, 0.25) is 5.02 Å². The predicted octanol–water partition coefficient (Wildman–Crippen LogP) is 2.28. The van der Waals surface area contributed by atoms with Crippen LogP contribution in [-0.2, 0) is 6.42 Å². The molecule has 0 saturated carbocycles. The van der Waals surface area contributed by atoms with E-state index in [1.165, 1.54) is 5.57 Å². The number of hydrogen-bond donors (Lipinski definition) is 2. The Morgan fingerprint density at radius 1 is 1.56 bits per heavy atom.